The summed E-state index contributed by atoms with van der Waals surface area (Å²) in [5.74, 6) is 0.00281. The molecular formula is C13H17Cl6NO2S2. The number of amides is 1. The van der Waals surface area contributed by atoms with Crippen molar-refractivity contribution in [2.75, 3.05) is 11.5 Å². The minimum Gasteiger partial charge on any atom is -0.465 e. The molecule has 0 spiro atoms. The summed E-state index contributed by atoms with van der Waals surface area (Å²) in [6.07, 6.45) is -1.28. The van der Waals surface area contributed by atoms with Gasteiger partial charge in [-0.2, -0.15) is 25.3 Å². The van der Waals surface area contributed by atoms with Crippen LogP contribution in [0.3, 0.4) is 0 Å². The molecule has 0 rings (SSSR count). The molecule has 0 radical (unpaired) electrons. The van der Waals surface area contributed by atoms with Crippen molar-refractivity contribution in [2.45, 2.75) is 25.9 Å². The zero-order valence-corrected chi connectivity index (χ0v) is 19.0. The molecule has 0 aliphatic rings. The fourth-order valence-electron chi connectivity index (χ4n) is 2.13. The minimum absolute atomic E-state index is 0.0335. The van der Waals surface area contributed by atoms with Crippen LogP contribution in [0, 0.1) is 11.8 Å². The number of hydrogen-bond donors (Lipinski definition) is 3. The monoisotopic (exact) mass is 493 g/mol. The van der Waals surface area contributed by atoms with E-state index in [1.54, 1.807) is 13.8 Å². The first-order chi connectivity index (χ1) is 11.0. The zero-order valence-electron chi connectivity index (χ0n) is 12.7. The van der Waals surface area contributed by atoms with Crippen LogP contribution in [-0.4, -0.2) is 39.7 Å². The molecule has 11 heteroatoms. The Kier molecular flexibility index (Phi) is 12.4. The molecule has 0 aliphatic carbocycles. The number of halogens is 6. The van der Waals surface area contributed by atoms with E-state index >= 15 is 0 Å². The first-order valence-electron chi connectivity index (χ1n) is 6.65. The van der Waals surface area contributed by atoms with Gasteiger partial charge in [0.25, 0.3) is 0 Å². The smallest absolute Gasteiger partial charge is 0.408 e. The van der Waals surface area contributed by atoms with E-state index in [-0.39, 0.29) is 30.9 Å². The summed E-state index contributed by atoms with van der Waals surface area (Å²) in [7, 11) is 0. The normalized spacial score (nSPS) is 15.9. The van der Waals surface area contributed by atoms with E-state index in [9.17, 15) is 9.90 Å². The molecule has 3 nitrogen and oxygen atoms in total. The van der Waals surface area contributed by atoms with Gasteiger partial charge in [-0.05, 0) is 23.3 Å². The van der Waals surface area contributed by atoms with Crippen molar-refractivity contribution >= 4 is 101 Å². The maximum atomic E-state index is 12.0. The fraction of sp³-hybridized carbons (Fsp3) is 0.615. The van der Waals surface area contributed by atoms with E-state index in [1.807, 2.05) is 0 Å². The van der Waals surface area contributed by atoms with Crippen molar-refractivity contribution in [1.29, 1.82) is 0 Å². The van der Waals surface area contributed by atoms with Crippen molar-refractivity contribution in [3.63, 3.8) is 0 Å². The molecule has 1 amide bonds. The van der Waals surface area contributed by atoms with Gasteiger partial charge in [-0.15, -0.1) is 0 Å². The second-order valence-electron chi connectivity index (χ2n) is 5.12. The maximum Gasteiger partial charge on any atom is 0.408 e. The van der Waals surface area contributed by atoms with Gasteiger partial charge in [0.15, 0.2) is 0 Å². The number of rotatable bonds is 8. The SMILES string of the molecule is CC(CS)C(C(Cl)=C(Cl)Cl)N(C(=O)O)C(C(Cl)=C(Cl)Cl)C(C)CS. The van der Waals surface area contributed by atoms with Crippen LogP contribution >= 0.6 is 94.9 Å². The molecule has 4 atom stereocenters. The summed E-state index contributed by atoms with van der Waals surface area (Å²) in [5.41, 5.74) is 0. The second-order valence-corrected chi connectivity index (χ2v) is 8.56. The van der Waals surface area contributed by atoms with Gasteiger partial charge in [0.2, 0.25) is 0 Å². The first kappa shape index (κ1) is 25.2. The summed E-state index contributed by atoms with van der Waals surface area (Å²) in [6, 6.07) is -1.78. The van der Waals surface area contributed by atoms with Gasteiger partial charge in [0.1, 0.15) is 8.98 Å². The highest BCUT2D eigenvalue weighted by molar-refractivity contribution is 7.80. The minimum atomic E-state index is -1.28. The molecular weight excluding hydrogens is 479 g/mol. The Morgan fingerprint density at radius 1 is 0.875 bits per heavy atom. The van der Waals surface area contributed by atoms with E-state index in [2.05, 4.69) is 25.3 Å². The Morgan fingerprint density at radius 2 is 1.17 bits per heavy atom. The fourth-order valence-corrected chi connectivity index (χ4v) is 3.61. The summed E-state index contributed by atoms with van der Waals surface area (Å²) in [4.78, 5) is 13.1. The number of carboxylic acid groups (broad SMARTS) is 1. The van der Waals surface area contributed by atoms with Crippen molar-refractivity contribution in [1.82, 2.24) is 4.90 Å². The molecule has 0 fully saturated rings. The summed E-state index contributed by atoms with van der Waals surface area (Å²) in [5, 5.41) is 9.74. The molecule has 24 heavy (non-hydrogen) atoms. The van der Waals surface area contributed by atoms with Crippen molar-refractivity contribution in [3.8, 4) is 0 Å². The molecule has 4 unspecified atom stereocenters. The van der Waals surface area contributed by atoms with Crippen LogP contribution in [0.25, 0.3) is 0 Å². The quantitative estimate of drug-likeness (QED) is 0.332. The first-order valence-corrected chi connectivity index (χ1v) is 10.2. The van der Waals surface area contributed by atoms with Crippen LogP contribution in [0.1, 0.15) is 13.8 Å². The topological polar surface area (TPSA) is 40.5 Å². The predicted molar refractivity (Wildman–Crippen MR) is 113 cm³/mol. The highest BCUT2D eigenvalue weighted by Crippen LogP contribution is 2.37. The summed E-state index contributed by atoms with van der Waals surface area (Å²) in [6.45, 7) is 3.52. The zero-order chi connectivity index (χ0) is 19.2. The average Bonchev–Trinajstić information content (AvgIpc) is 2.52. The maximum absolute atomic E-state index is 12.0. The third-order valence-corrected chi connectivity index (χ3v) is 6.53. The van der Waals surface area contributed by atoms with Gasteiger partial charge >= 0.3 is 6.09 Å². The Hall–Kier alpha value is 1.19. The number of nitrogens with zero attached hydrogens (tertiary/aromatic N) is 1. The number of carbonyl (C=O) groups is 1. The van der Waals surface area contributed by atoms with E-state index < -0.39 is 18.2 Å². The molecule has 140 valence electrons. The van der Waals surface area contributed by atoms with Crippen molar-refractivity contribution in [3.05, 3.63) is 19.0 Å². The van der Waals surface area contributed by atoms with E-state index in [0.717, 1.165) is 4.90 Å². The molecule has 0 saturated carbocycles. The van der Waals surface area contributed by atoms with Crippen LogP contribution in [0.15, 0.2) is 19.0 Å². The lowest BCUT2D eigenvalue weighted by atomic mass is 9.95. The number of hydrogen-bond acceptors (Lipinski definition) is 3. The molecule has 0 saturated heterocycles. The van der Waals surface area contributed by atoms with Crippen molar-refractivity contribution in [2.24, 2.45) is 11.8 Å². The van der Waals surface area contributed by atoms with Crippen molar-refractivity contribution < 1.29 is 9.90 Å². The van der Waals surface area contributed by atoms with Crippen LogP contribution in [-0.2, 0) is 0 Å². The Morgan fingerprint density at radius 3 is 1.33 bits per heavy atom. The standard InChI is InChI=1S/C13H17Cl6NO2S2/c1-5(3-23)9(7(14)11(16)17)20(13(21)22)10(6(2)4-24)8(15)12(18)19/h5-6,9-10,23-24H,3-4H2,1-2H3,(H,21,22). The molecule has 0 aromatic rings. The van der Waals surface area contributed by atoms with Gasteiger partial charge in [0, 0.05) is 0 Å². The molecule has 0 bridgehead atoms. The highest BCUT2D eigenvalue weighted by Gasteiger charge is 2.40. The summed E-state index contributed by atoms with van der Waals surface area (Å²) < 4.78 is -0.480. The second kappa shape index (κ2) is 11.8. The predicted octanol–water partition coefficient (Wildman–Crippen LogP) is 6.61. The lowest BCUT2D eigenvalue weighted by molar-refractivity contribution is 0.0948. The van der Waals surface area contributed by atoms with Gasteiger partial charge < -0.3 is 5.11 Å². The van der Waals surface area contributed by atoms with Crippen LogP contribution in [0.5, 0.6) is 0 Å². The lowest BCUT2D eigenvalue weighted by Gasteiger charge is -2.40. The molecule has 0 aromatic carbocycles. The van der Waals surface area contributed by atoms with Gasteiger partial charge in [-0.3, -0.25) is 4.90 Å². The van der Waals surface area contributed by atoms with Gasteiger partial charge in [-0.1, -0.05) is 83.5 Å². The Labute approximate surface area is 183 Å². The molecule has 1 N–H and O–H groups in total. The average molecular weight is 496 g/mol. The molecule has 0 aliphatic heterocycles. The molecule has 0 heterocycles. The number of thiol groups is 2. The highest BCUT2D eigenvalue weighted by atomic mass is 35.5. The third-order valence-electron chi connectivity index (χ3n) is 3.35. The van der Waals surface area contributed by atoms with E-state index in [0.29, 0.717) is 11.5 Å². The lowest BCUT2D eigenvalue weighted by Crippen LogP contribution is -2.53. The Balaban J connectivity index is 6.41. The Bertz CT molecular complexity index is 471. The van der Waals surface area contributed by atoms with Crippen LogP contribution in [0.2, 0.25) is 0 Å². The van der Waals surface area contributed by atoms with E-state index in [1.165, 1.54) is 0 Å². The van der Waals surface area contributed by atoms with E-state index in [4.69, 9.17) is 69.6 Å². The third kappa shape index (κ3) is 6.73. The van der Waals surface area contributed by atoms with Crippen LogP contribution in [0.4, 0.5) is 4.79 Å². The largest absolute Gasteiger partial charge is 0.465 e. The molecule has 0 aromatic heterocycles. The van der Waals surface area contributed by atoms with Gasteiger partial charge in [-0.25, -0.2) is 4.79 Å². The van der Waals surface area contributed by atoms with Gasteiger partial charge in [0.05, 0.1) is 22.1 Å². The van der Waals surface area contributed by atoms with Crippen LogP contribution < -0.4 is 0 Å². The summed E-state index contributed by atoms with van der Waals surface area (Å²) >= 11 is 44.0.